The number of aliphatic hydroxyl groups excluding tert-OH is 1. The summed E-state index contributed by atoms with van der Waals surface area (Å²) in [4.78, 5) is 1.43. The van der Waals surface area contributed by atoms with Crippen LogP contribution >= 0.6 is 15.9 Å². The first-order valence-electron chi connectivity index (χ1n) is 8.96. The fourth-order valence-electron chi connectivity index (χ4n) is 3.29. The number of nitrogens with one attached hydrogen (secondary N) is 1. The number of rotatable bonds is 7. The van der Waals surface area contributed by atoms with Gasteiger partial charge in [0.1, 0.15) is 23.7 Å². The van der Waals surface area contributed by atoms with Gasteiger partial charge in [0.05, 0.1) is 27.2 Å². The van der Waals surface area contributed by atoms with E-state index in [9.17, 15) is 5.11 Å². The molecule has 0 aliphatic heterocycles. The topological polar surface area (TPSA) is 59.5 Å². The van der Waals surface area contributed by atoms with Crippen LogP contribution in [0.5, 0.6) is 0 Å². The van der Waals surface area contributed by atoms with Gasteiger partial charge >= 0.3 is 5.95 Å². The Morgan fingerprint density at radius 1 is 1.15 bits per heavy atom. The highest BCUT2D eigenvalue weighted by atomic mass is 79.9. The highest BCUT2D eigenvalue weighted by Gasteiger charge is 2.23. The number of aromatic nitrogens is 2. The van der Waals surface area contributed by atoms with Crippen molar-refractivity contribution in [2.24, 2.45) is 0 Å². The Bertz CT molecular complexity index is 873. The van der Waals surface area contributed by atoms with Crippen LogP contribution in [0.25, 0.3) is 11.0 Å². The molecule has 0 saturated carbocycles. The van der Waals surface area contributed by atoms with E-state index in [4.69, 9.17) is 5.73 Å². The Morgan fingerprint density at radius 3 is 2.54 bits per heavy atom. The number of nitrogen functional groups attached to an aromatic ring is 1. The van der Waals surface area contributed by atoms with E-state index in [2.05, 4.69) is 46.7 Å². The summed E-state index contributed by atoms with van der Waals surface area (Å²) in [6.07, 6.45) is 0.446. The molecule has 5 nitrogen and oxygen atoms in total. The molecule has 0 spiro atoms. The molecule has 2 aromatic carbocycles. The molecule has 1 atom stereocenters. The van der Waals surface area contributed by atoms with Gasteiger partial charge in [0, 0.05) is 10.9 Å². The second kappa shape index (κ2) is 8.20. The number of halogens is 1. The highest BCUT2D eigenvalue weighted by Crippen LogP contribution is 2.21. The summed E-state index contributed by atoms with van der Waals surface area (Å²) in [5.74, 6) is 0.691. The Morgan fingerprint density at radius 2 is 1.85 bits per heavy atom. The molecular formula is C20H27BrN4O+2. The van der Waals surface area contributed by atoms with Crippen LogP contribution in [-0.4, -0.2) is 30.3 Å². The predicted octanol–water partition coefficient (Wildman–Crippen LogP) is 1.54. The average Bonchev–Trinajstić information content (AvgIpc) is 2.88. The summed E-state index contributed by atoms with van der Waals surface area (Å²) in [7, 11) is 4.32. The number of fused-ring (bicyclic) bond motifs is 1. The van der Waals surface area contributed by atoms with Crippen LogP contribution in [0.1, 0.15) is 18.1 Å². The molecule has 0 saturated heterocycles. The molecular weight excluding hydrogens is 392 g/mol. The molecule has 4 N–H and O–H groups in total. The number of hydrogen-bond acceptors (Lipinski definition) is 2. The normalized spacial score (nSPS) is 12.8. The van der Waals surface area contributed by atoms with Gasteiger partial charge in [-0.3, -0.25) is 5.73 Å². The molecule has 1 aromatic heterocycles. The fraction of sp³-hybridized carbons (Fsp3) is 0.350. The molecule has 138 valence electrons. The first kappa shape index (κ1) is 18.9. The zero-order valence-corrected chi connectivity index (χ0v) is 16.9. The van der Waals surface area contributed by atoms with Gasteiger partial charge in [0.25, 0.3) is 0 Å². The van der Waals surface area contributed by atoms with Gasteiger partial charge in [0.2, 0.25) is 0 Å². The number of imidazole rings is 1. The third kappa shape index (κ3) is 4.09. The molecule has 0 aliphatic carbocycles. The Kier molecular flexibility index (Phi) is 5.96. The number of aliphatic hydroxyl groups is 1. The molecule has 1 heterocycles. The molecule has 0 radical (unpaired) electrons. The first-order valence-corrected chi connectivity index (χ1v) is 9.75. The van der Waals surface area contributed by atoms with Gasteiger partial charge in [-0.1, -0.05) is 40.2 Å². The number of nitrogens with zero attached hydrogens (tertiary/aromatic N) is 2. The maximum atomic E-state index is 10.7. The fourth-order valence-corrected chi connectivity index (χ4v) is 3.56. The largest absolute Gasteiger partial charge is 0.385 e. The Labute approximate surface area is 162 Å². The number of quaternary nitrogens is 1. The number of para-hydroxylation sites is 2. The van der Waals surface area contributed by atoms with E-state index < -0.39 is 6.10 Å². The van der Waals surface area contributed by atoms with Crippen molar-refractivity contribution in [2.45, 2.75) is 25.6 Å². The van der Waals surface area contributed by atoms with E-state index in [1.165, 1.54) is 4.90 Å². The minimum atomic E-state index is -0.610. The number of nitrogens with two attached hydrogens (primary N) is 1. The third-order valence-electron chi connectivity index (χ3n) is 4.69. The lowest BCUT2D eigenvalue weighted by atomic mass is 10.1. The van der Waals surface area contributed by atoms with Crippen LogP contribution in [0.2, 0.25) is 0 Å². The predicted molar refractivity (Wildman–Crippen MR) is 108 cm³/mol. The second-order valence-electron chi connectivity index (χ2n) is 6.99. The smallest absolute Gasteiger partial charge is 0.356 e. The molecule has 6 heteroatoms. The maximum absolute atomic E-state index is 10.7. The van der Waals surface area contributed by atoms with Gasteiger partial charge in [0.15, 0.2) is 0 Å². The minimum absolute atomic E-state index is 0.430. The van der Waals surface area contributed by atoms with E-state index in [0.29, 0.717) is 12.5 Å². The summed E-state index contributed by atoms with van der Waals surface area (Å²) in [5, 5.41) is 10.7. The number of benzene rings is 2. The molecule has 0 aliphatic rings. The van der Waals surface area contributed by atoms with Crippen LogP contribution in [0.4, 0.5) is 5.95 Å². The standard InChI is InChI=1S/C20H25BrN4O/c1-23(2)12-5-13-24-17-6-3-4-7-18(17)25(20(24)22)14-19(26)15-8-10-16(21)11-9-15/h3-4,6-11,19,22,26H,5,12-14H2,1-2H3/p+2/t19-/m1/s1. The maximum Gasteiger partial charge on any atom is 0.356 e. The van der Waals surface area contributed by atoms with Crippen molar-refractivity contribution in [2.75, 3.05) is 26.4 Å². The van der Waals surface area contributed by atoms with Gasteiger partial charge in [-0.25, -0.2) is 9.13 Å². The zero-order chi connectivity index (χ0) is 18.7. The summed E-state index contributed by atoms with van der Waals surface area (Å²) < 4.78 is 5.18. The number of anilines is 1. The average molecular weight is 419 g/mol. The van der Waals surface area contributed by atoms with Crippen molar-refractivity contribution >= 4 is 32.9 Å². The van der Waals surface area contributed by atoms with Crippen LogP contribution in [0, 0.1) is 0 Å². The lowest BCUT2D eigenvalue weighted by Crippen LogP contribution is -3.05. The lowest BCUT2D eigenvalue weighted by Gasteiger charge is -2.11. The van der Waals surface area contributed by atoms with E-state index in [-0.39, 0.29) is 0 Å². The molecule has 26 heavy (non-hydrogen) atoms. The molecule has 3 rings (SSSR count). The minimum Gasteiger partial charge on any atom is -0.385 e. The van der Waals surface area contributed by atoms with E-state index >= 15 is 0 Å². The first-order chi connectivity index (χ1) is 12.5. The number of aryl methyl sites for hydroxylation is 1. The monoisotopic (exact) mass is 418 g/mol. The van der Waals surface area contributed by atoms with Crippen LogP contribution in [0.15, 0.2) is 53.0 Å². The van der Waals surface area contributed by atoms with Crippen molar-refractivity contribution < 1.29 is 14.6 Å². The van der Waals surface area contributed by atoms with E-state index in [1.807, 2.05) is 41.0 Å². The summed E-state index contributed by atoms with van der Waals surface area (Å²) in [5.41, 5.74) is 9.53. The van der Waals surface area contributed by atoms with Crippen LogP contribution in [-0.2, 0) is 13.1 Å². The molecule has 0 amide bonds. The Balaban J connectivity index is 1.90. The van der Waals surface area contributed by atoms with Gasteiger partial charge in [-0.05, 0) is 29.8 Å². The summed E-state index contributed by atoms with van der Waals surface area (Å²) >= 11 is 3.43. The van der Waals surface area contributed by atoms with Crippen molar-refractivity contribution in [1.82, 2.24) is 4.57 Å². The van der Waals surface area contributed by atoms with Gasteiger partial charge < -0.3 is 10.0 Å². The molecule has 0 fully saturated rings. The molecule has 0 unspecified atom stereocenters. The van der Waals surface area contributed by atoms with Crippen molar-refractivity contribution in [1.29, 1.82) is 0 Å². The van der Waals surface area contributed by atoms with Crippen molar-refractivity contribution in [3.8, 4) is 0 Å². The van der Waals surface area contributed by atoms with Gasteiger partial charge in [-0.2, -0.15) is 0 Å². The molecule has 3 aromatic rings. The zero-order valence-electron chi connectivity index (χ0n) is 15.3. The molecule has 0 bridgehead atoms. The van der Waals surface area contributed by atoms with Crippen LogP contribution in [0.3, 0.4) is 0 Å². The summed E-state index contributed by atoms with van der Waals surface area (Å²) in [6, 6.07) is 16.0. The van der Waals surface area contributed by atoms with Crippen LogP contribution < -0.4 is 15.2 Å². The van der Waals surface area contributed by atoms with Crippen molar-refractivity contribution in [3.05, 3.63) is 58.6 Å². The lowest BCUT2D eigenvalue weighted by molar-refractivity contribution is -0.858. The quantitative estimate of drug-likeness (QED) is 0.509. The third-order valence-corrected chi connectivity index (χ3v) is 5.21. The van der Waals surface area contributed by atoms with E-state index in [0.717, 1.165) is 40.6 Å². The number of hydrogen-bond donors (Lipinski definition) is 3. The second-order valence-corrected chi connectivity index (χ2v) is 7.90. The Hall–Kier alpha value is -1.89. The SMILES string of the molecule is C[NH+](C)CCCn1c(N)[n+](C[C@@H](O)c2ccc(Br)cc2)c2ccccc21. The van der Waals surface area contributed by atoms with Crippen molar-refractivity contribution in [3.63, 3.8) is 0 Å². The highest BCUT2D eigenvalue weighted by molar-refractivity contribution is 9.10. The van der Waals surface area contributed by atoms with Gasteiger partial charge in [-0.15, -0.1) is 0 Å². The van der Waals surface area contributed by atoms with E-state index in [1.54, 1.807) is 0 Å². The summed E-state index contributed by atoms with van der Waals surface area (Å²) in [6.45, 7) is 2.40.